The van der Waals surface area contributed by atoms with Crippen molar-refractivity contribution in [2.45, 2.75) is 10.7 Å². The number of hydrogen-bond donors (Lipinski definition) is 2. The van der Waals surface area contributed by atoms with Crippen molar-refractivity contribution in [2.75, 3.05) is 36.4 Å². The molecule has 1 saturated heterocycles. The van der Waals surface area contributed by atoms with Gasteiger partial charge < -0.3 is 20.2 Å². The third kappa shape index (κ3) is 5.31. The van der Waals surface area contributed by atoms with Gasteiger partial charge in [-0.3, -0.25) is 4.79 Å². The monoisotopic (exact) mass is 455 g/mol. The Hall–Kier alpha value is -3.26. The zero-order valence-corrected chi connectivity index (χ0v) is 18.1. The summed E-state index contributed by atoms with van der Waals surface area (Å²) in [5.74, 6) is -2.30. The lowest BCUT2D eigenvalue weighted by atomic mass is 10.1. The number of aromatic hydroxyl groups is 1. The van der Waals surface area contributed by atoms with Crippen molar-refractivity contribution in [1.29, 1.82) is 0 Å². The molecule has 8 heteroatoms. The number of thioether (sulfide) groups is 1. The molecule has 4 rings (SSSR count). The highest BCUT2D eigenvalue weighted by Gasteiger charge is 2.24. The van der Waals surface area contributed by atoms with Crippen LogP contribution < -0.4 is 10.2 Å². The van der Waals surface area contributed by atoms with Gasteiger partial charge in [0.15, 0.2) is 0 Å². The number of alkyl halides is 2. The van der Waals surface area contributed by atoms with Crippen LogP contribution in [0.1, 0.15) is 10.4 Å². The quantitative estimate of drug-likeness (QED) is 0.487. The molecule has 1 amide bonds. The molecule has 0 aromatic heterocycles. The minimum absolute atomic E-state index is 0.0615. The zero-order valence-electron chi connectivity index (χ0n) is 17.2. The lowest BCUT2D eigenvalue weighted by Gasteiger charge is -2.36. The Bertz CT molecular complexity index is 1070. The number of carbonyl (C=O) groups is 1. The third-order valence-electron chi connectivity index (χ3n) is 5.28. The molecule has 5 nitrogen and oxygen atoms in total. The average molecular weight is 456 g/mol. The predicted molar refractivity (Wildman–Crippen MR) is 124 cm³/mol. The van der Waals surface area contributed by atoms with Gasteiger partial charge in [0.1, 0.15) is 5.75 Å². The van der Waals surface area contributed by atoms with Crippen molar-refractivity contribution in [3.05, 3.63) is 78.4 Å². The van der Waals surface area contributed by atoms with E-state index in [9.17, 15) is 18.7 Å². The molecule has 1 aliphatic rings. The van der Waals surface area contributed by atoms with E-state index in [0.29, 0.717) is 54.1 Å². The molecule has 0 unspecified atom stereocenters. The van der Waals surface area contributed by atoms with Gasteiger partial charge in [-0.25, -0.2) is 0 Å². The topological polar surface area (TPSA) is 55.8 Å². The standard InChI is InChI=1S/C24H23F2N3O2S/c25-24(26)32-20-10-8-17(9-11-20)27-22-7-2-1-6-21(22)23(31)29-14-12-28(13-15-29)18-4-3-5-19(30)16-18/h1-11,16,24,27,30H,12-15H2. The minimum Gasteiger partial charge on any atom is -0.508 e. The van der Waals surface area contributed by atoms with Crippen LogP contribution in [0.25, 0.3) is 0 Å². The van der Waals surface area contributed by atoms with Crippen molar-refractivity contribution >= 4 is 34.7 Å². The molecule has 1 aliphatic heterocycles. The molecule has 0 aliphatic carbocycles. The largest absolute Gasteiger partial charge is 0.508 e. The van der Waals surface area contributed by atoms with Gasteiger partial charge >= 0.3 is 0 Å². The van der Waals surface area contributed by atoms with Crippen LogP contribution in [0.15, 0.2) is 77.7 Å². The number of amides is 1. The number of hydrogen-bond acceptors (Lipinski definition) is 5. The van der Waals surface area contributed by atoms with Gasteiger partial charge in [-0.1, -0.05) is 30.0 Å². The highest BCUT2D eigenvalue weighted by atomic mass is 32.2. The summed E-state index contributed by atoms with van der Waals surface area (Å²) in [6.45, 7) is 2.49. The fourth-order valence-corrected chi connectivity index (χ4v) is 4.18. The molecular formula is C24H23F2N3O2S. The van der Waals surface area contributed by atoms with Gasteiger partial charge in [-0.05, 0) is 48.5 Å². The number of piperazine rings is 1. The highest BCUT2D eigenvalue weighted by Crippen LogP contribution is 2.28. The van der Waals surface area contributed by atoms with Crippen molar-refractivity contribution in [1.82, 2.24) is 4.90 Å². The Balaban J connectivity index is 1.43. The first kappa shape index (κ1) is 22.0. The summed E-state index contributed by atoms with van der Waals surface area (Å²) in [4.78, 5) is 17.7. The number of anilines is 3. The molecule has 3 aromatic carbocycles. The van der Waals surface area contributed by atoms with Crippen LogP contribution in [0.5, 0.6) is 5.75 Å². The molecule has 1 fully saturated rings. The first-order valence-electron chi connectivity index (χ1n) is 10.2. The van der Waals surface area contributed by atoms with Crippen molar-refractivity contribution < 1.29 is 18.7 Å². The zero-order chi connectivity index (χ0) is 22.5. The fraction of sp³-hybridized carbons (Fsp3) is 0.208. The minimum atomic E-state index is -2.46. The lowest BCUT2D eigenvalue weighted by Crippen LogP contribution is -2.48. The molecule has 2 N–H and O–H groups in total. The van der Waals surface area contributed by atoms with Crippen LogP contribution in [0.3, 0.4) is 0 Å². The van der Waals surface area contributed by atoms with Crippen LogP contribution in [0.4, 0.5) is 25.8 Å². The fourth-order valence-electron chi connectivity index (χ4n) is 3.68. The lowest BCUT2D eigenvalue weighted by molar-refractivity contribution is 0.0747. The second kappa shape index (κ2) is 9.91. The summed E-state index contributed by atoms with van der Waals surface area (Å²) >= 11 is 0.500. The molecule has 1 heterocycles. The van der Waals surface area contributed by atoms with Crippen LogP contribution in [-0.2, 0) is 0 Å². The summed E-state index contributed by atoms with van der Waals surface area (Å²) in [7, 11) is 0. The molecule has 0 radical (unpaired) electrons. The second-order valence-corrected chi connectivity index (χ2v) is 8.44. The van der Waals surface area contributed by atoms with E-state index in [0.717, 1.165) is 11.4 Å². The van der Waals surface area contributed by atoms with Crippen molar-refractivity contribution in [2.24, 2.45) is 0 Å². The number of benzene rings is 3. The number of carbonyl (C=O) groups excluding carboxylic acids is 1. The van der Waals surface area contributed by atoms with Gasteiger partial charge in [0, 0.05) is 48.5 Å². The average Bonchev–Trinajstić information content (AvgIpc) is 2.80. The Morgan fingerprint density at radius 1 is 0.938 bits per heavy atom. The van der Waals surface area contributed by atoms with E-state index in [-0.39, 0.29) is 11.7 Å². The Morgan fingerprint density at radius 2 is 1.66 bits per heavy atom. The summed E-state index contributed by atoms with van der Waals surface area (Å²) in [5.41, 5.74) is 2.89. The van der Waals surface area contributed by atoms with E-state index in [1.54, 1.807) is 42.5 Å². The maximum Gasteiger partial charge on any atom is 0.288 e. The molecule has 32 heavy (non-hydrogen) atoms. The molecule has 0 atom stereocenters. The van der Waals surface area contributed by atoms with Crippen LogP contribution >= 0.6 is 11.8 Å². The maximum absolute atomic E-state index is 13.2. The Kier molecular flexibility index (Phi) is 6.80. The van der Waals surface area contributed by atoms with Crippen LogP contribution in [-0.4, -0.2) is 47.9 Å². The predicted octanol–water partition coefficient (Wildman–Crippen LogP) is 5.41. The second-order valence-electron chi connectivity index (χ2n) is 7.37. The molecular weight excluding hydrogens is 432 g/mol. The first-order valence-corrected chi connectivity index (χ1v) is 11.1. The SMILES string of the molecule is O=C(c1ccccc1Nc1ccc(SC(F)F)cc1)N1CCN(c2cccc(O)c2)CC1. The molecule has 0 bridgehead atoms. The van der Waals surface area contributed by atoms with E-state index in [4.69, 9.17) is 0 Å². The number of phenolic OH excluding ortho intramolecular Hbond substituents is 1. The third-order valence-corrected chi connectivity index (χ3v) is 6.00. The van der Waals surface area contributed by atoms with Crippen molar-refractivity contribution in [3.8, 4) is 5.75 Å². The van der Waals surface area contributed by atoms with Crippen LogP contribution in [0.2, 0.25) is 0 Å². The molecule has 3 aromatic rings. The molecule has 166 valence electrons. The number of rotatable bonds is 6. The van der Waals surface area contributed by atoms with Crippen LogP contribution in [0, 0.1) is 0 Å². The van der Waals surface area contributed by atoms with Crippen molar-refractivity contribution in [3.63, 3.8) is 0 Å². The van der Waals surface area contributed by atoms with E-state index < -0.39 is 5.76 Å². The van der Waals surface area contributed by atoms with E-state index >= 15 is 0 Å². The number of nitrogens with zero attached hydrogens (tertiary/aromatic N) is 2. The first-order chi connectivity index (χ1) is 15.5. The van der Waals surface area contributed by atoms with Gasteiger partial charge in [0.25, 0.3) is 11.7 Å². The smallest absolute Gasteiger partial charge is 0.288 e. The number of phenols is 1. The number of nitrogens with one attached hydrogen (secondary N) is 1. The molecule has 0 spiro atoms. The number of para-hydroxylation sites is 1. The van der Waals surface area contributed by atoms with Gasteiger partial charge in [-0.2, -0.15) is 8.78 Å². The summed E-state index contributed by atoms with van der Waals surface area (Å²) in [6.07, 6.45) is 0. The van der Waals surface area contributed by atoms with E-state index in [2.05, 4.69) is 10.2 Å². The van der Waals surface area contributed by atoms with E-state index in [1.165, 1.54) is 0 Å². The Morgan fingerprint density at radius 3 is 2.34 bits per heavy atom. The summed E-state index contributed by atoms with van der Waals surface area (Å²) in [5, 5.41) is 12.9. The summed E-state index contributed by atoms with van der Waals surface area (Å²) < 4.78 is 25.0. The van der Waals surface area contributed by atoms with E-state index in [1.807, 2.05) is 35.2 Å². The molecule has 0 saturated carbocycles. The highest BCUT2D eigenvalue weighted by molar-refractivity contribution is 7.99. The number of halogens is 2. The van der Waals surface area contributed by atoms with Gasteiger partial charge in [0.05, 0.1) is 11.3 Å². The maximum atomic E-state index is 13.2. The summed E-state index contributed by atoms with van der Waals surface area (Å²) in [6, 6.07) is 21.1. The van der Waals surface area contributed by atoms with Gasteiger partial charge in [-0.15, -0.1) is 0 Å². The Labute approximate surface area is 189 Å². The van der Waals surface area contributed by atoms with Gasteiger partial charge in [0.2, 0.25) is 0 Å². The normalized spacial score (nSPS) is 14.0.